The van der Waals surface area contributed by atoms with Crippen LogP contribution in [0.1, 0.15) is 39.2 Å². The SMILES string of the molecule is O=C(NCC1Cc2cccc(-c3cnccn3)c2O1)c1csc2c1CCCC2. The van der Waals surface area contributed by atoms with Crippen LogP contribution in [0.4, 0.5) is 0 Å². The van der Waals surface area contributed by atoms with Crippen molar-refractivity contribution in [3.63, 3.8) is 0 Å². The van der Waals surface area contributed by atoms with Gasteiger partial charge in [-0.2, -0.15) is 0 Å². The van der Waals surface area contributed by atoms with E-state index in [9.17, 15) is 4.79 Å². The van der Waals surface area contributed by atoms with Crippen LogP contribution in [0.5, 0.6) is 5.75 Å². The van der Waals surface area contributed by atoms with Crippen molar-refractivity contribution in [3.05, 3.63) is 63.7 Å². The Labute approximate surface area is 167 Å². The number of thiophene rings is 1. The maximum absolute atomic E-state index is 12.7. The molecule has 5 nitrogen and oxygen atoms in total. The van der Waals surface area contributed by atoms with Crippen molar-refractivity contribution in [1.82, 2.24) is 15.3 Å². The molecule has 1 aliphatic heterocycles. The normalized spacial score (nSPS) is 17.5. The Balaban J connectivity index is 1.28. The molecule has 1 aliphatic carbocycles. The average Bonchev–Trinajstić information content (AvgIpc) is 3.36. The minimum atomic E-state index is -0.0637. The van der Waals surface area contributed by atoms with Gasteiger partial charge in [-0.15, -0.1) is 11.3 Å². The number of nitrogens with zero attached hydrogens (tertiary/aromatic N) is 2. The summed E-state index contributed by atoms with van der Waals surface area (Å²) in [7, 11) is 0. The van der Waals surface area contributed by atoms with Crippen LogP contribution < -0.4 is 10.1 Å². The van der Waals surface area contributed by atoms with Gasteiger partial charge in [-0.05, 0) is 42.9 Å². The number of ether oxygens (including phenoxy) is 1. The number of hydrogen-bond donors (Lipinski definition) is 1. The number of fused-ring (bicyclic) bond motifs is 2. The monoisotopic (exact) mass is 391 g/mol. The van der Waals surface area contributed by atoms with Gasteiger partial charge in [0.1, 0.15) is 11.9 Å². The van der Waals surface area contributed by atoms with Crippen LogP contribution >= 0.6 is 11.3 Å². The van der Waals surface area contributed by atoms with Crippen molar-refractivity contribution in [1.29, 1.82) is 0 Å². The van der Waals surface area contributed by atoms with E-state index in [1.54, 1.807) is 29.9 Å². The fourth-order valence-corrected chi connectivity index (χ4v) is 5.20. The Morgan fingerprint density at radius 1 is 1.25 bits per heavy atom. The molecule has 28 heavy (non-hydrogen) atoms. The molecule has 2 aromatic heterocycles. The van der Waals surface area contributed by atoms with Gasteiger partial charge in [0.25, 0.3) is 5.91 Å². The summed E-state index contributed by atoms with van der Waals surface area (Å²) < 4.78 is 6.19. The number of hydrogen-bond acceptors (Lipinski definition) is 5. The van der Waals surface area contributed by atoms with Crippen LogP contribution in [0, 0.1) is 0 Å². The summed E-state index contributed by atoms with van der Waals surface area (Å²) in [5, 5.41) is 5.10. The molecule has 0 fully saturated rings. The Morgan fingerprint density at radius 2 is 2.18 bits per heavy atom. The number of aryl methyl sites for hydroxylation is 1. The average molecular weight is 391 g/mol. The summed E-state index contributed by atoms with van der Waals surface area (Å²) in [5.41, 5.74) is 5.01. The van der Waals surface area contributed by atoms with Crippen molar-refractivity contribution in [2.45, 2.75) is 38.2 Å². The Bertz CT molecular complexity index is 1020. The Kier molecular flexibility index (Phi) is 4.56. The summed E-state index contributed by atoms with van der Waals surface area (Å²) in [5.74, 6) is 0.878. The van der Waals surface area contributed by atoms with E-state index in [0.29, 0.717) is 6.54 Å². The van der Waals surface area contributed by atoms with Crippen LogP contribution in [0.15, 0.2) is 42.2 Å². The molecule has 3 heterocycles. The first kappa shape index (κ1) is 17.4. The molecule has 0 spiro atoms. The van der Waals surface area contributed by atoms with Gasteiger partial charge < -0.3 is 10.1 Å². The quantitative estimate of drug-likeness (QED) is 0.734. The fourth-order valence-electron chi connectivity index (χ4n) is 4.08. The van der Waals surface area contributed by atoms with Gasteiger partial charge in [0, 0.05) is 34.6 Å². The predicted molar refractivity (Wildman–Crippen MR) is 109 cm³/mol. The molecular formula is C22H21N3O2S. The van der Waals surface area contributed by atoms with E-state index < -0.39 is 0 Å². The summed E-state index contributed by atoms with van der Waals surface area (Å²) in [6.07, 6.45) is 10.4. The van der Waals surface area contributed by atoms with Crippen LogP contribution in [0.25, 0.3) is 11.3 Å². The van der Waals surface area contributed by atoms with Crippen molar-refractivity contribution < 1.29 is 9.53 Å². The van der Waals surface area contributed by atoms with Crippen molar-refractivity contribution in [2.24, 2.45) is 0 Å². The molecule has 3 aromatic rings. The molecule has 1 atom stereocenters. The van der Waals surface area contributed by atoms with E-state index in [0.717, 1.165) is 47.4 Å². The van der Waals surface area contributed by atoms with Crippen molar-refractivity contribution in [3.8, 4) is 17.0 Å². The fraction of sp³-hybridized carbons (Fsp3) is 0.318. The minimum Gasteiger partial charge on any atom is -0.487 e. The zero-order valence-electron chi connectivity index (χ0n) is 15.5. The van der Waals surface area contributed by atoms with E-state index >= 15 is 0 Å². The highest BCUT2D eigenvalue weighted by atomic mass is 32.1. The number of benzene rings is 1. The van der Waals surface area contributed by atoms with Gasteiger partial charge in [-0.1, -0.05) is 12.1 Å². The summed E-state index contributed by atoms with van der Waals surface area (Å²) in [6.45, 7) is 0.498. The second-order valence-electron chi connectivity index (χ2n) is 7.30. The predicted octanol–water partition coefficient (Wildman–Crippen LogP) is 3.82. The lowest BCUT2D eigenvalue weighted by Gasteiger charge is -2.15. The molecule has 1 aromatic carbocycles. The molecule has 142 valence electrons. The molecule has 0 saturated carbocycles. The zero-order chi connectivity index (χ0) is 18.9. The number of carbonyl (C=O) groups excluding carboxylic acids is 1. The third-order valence-electron chi connectivity index (χ3n) is 5.46. The smallest absolute Gasteiger partial charge is 0.252 e. The Morgan fingerprint density at radius 3 is 3.07 bits per heavy atom. The van der Waals surface area contributed by atoms with Crippen LogP contribution in [0.3, 0.4) is 0 Å². The lowest BCUT2D eigenvalue weighted by molar-refractivity contribution is 0.0933. The third kappa shape index (κ3) is 3.18. The van der Waals surface area contributed by atoms with Crippen LogP contribution in [-0.2, 0) is 19.3 Å². The molecule has 0 bridgehead atoms. The van der Waals surface area contributed by atoms with Gasteiger partial charge >= 0.3 is 0 Å². The number of amides is 1. The van der Waals surface area contributed by atoms with E-state index in [-0.39, 0.29) is 12.0 Å². The first-order valence-electron chi connectivity index (χ1n) is 9.72. The third-order valence-corrected chi connectivity index (χ3v) is 6.55. The zero-order valence-corrected chi connectivity index (χ0v) is 16.3. The Hall–Kier alpha value is -2.73. The van der Waals surface area contributed by atoms with Crippen LogP contribution in [-0.4, -0.2) is 28.5 Å². The lowest BCUT2D eigenvalue weighted by Crippen LogP contribution is -2.34. The lowest BCUT2D eigenvalue weighted by atomic mass is 9.95. The summed E-state index contributed by atoms with van der Waals surface area (Å²) in [6, 6.07) is 6.10. The van der Waals surface area contributed by atoms with Crippen LogP contribution in [0.2, 0.25) is 0 Å². The highest BCUT2D eigenvalue weighted by Crippen LogP contribution is 2.37. The summed E-state index contributed by atoms with van der Waals surface area (Å²) >= 11 is 1.72. The molecular weight excluding hydrogens is 370 g/mol. The second kappa shape index (κ2) is 7.36. The maximum Gasteiger partial charge on any atom is 0.252 e. The highest BCUT2D eigenvalue weighted by Gasteiger charge is 2.27. The van der Waals surface area contributed by atoms with Gasteiger partial charge in [0.2, 0.25) is 0 Å². The number of para-hydroxylation sites is 1. The molecule has 0 radical (unpaired) electrons. The first-order chi connectivity index (χ1) is 13.8. The van der Waals surface area contributed by atoms with Gasteiger partial charge in [0.05, 0.1) is 24.0 Å². The second-order valence-corrected chi connectivity index (χ2v) is 8.26. The van der Waals surface area contributed by atoms with Gasteiger partial charge in [-0.3, -0.25) is 14.8 Å². The first-order valence-corrected chi connectivity index (χ1v) is 10.6. The largest absolute Gasteiger partial charge is 0.487 e. The van der Waals surface area contributed by atoms with E-state index in [1.807, 2.05) is 17.5 Å². The molecule has 6 heteroatoms. The molecule has 1 N–H and O–H groups in total. The van der Waals surface area contributed by atoms with Gasteiger partial charge in [-0.25, -0.2) is 0 Å². The standard InChI is InChI=1S/C22H21N3O2S/c26-22(18-13-28-20-7-2-1-5-16(18)20)25-11-15-10-14-4-3-6-17(21(14)27-15)19-12-23-8-9-24-19/h3-4,6,8-9,12-13,15H,1-2,5,7,10-11H2,(H,25,26). The number of carbonyl (C=O) groups is 1. The minimum absolute atomic E-state index is 0.0214. The molecule has 2 aliphatic rings. The summed E-state index contributed by atoms with van der Waals surface area (Å²) in [4.78, 5) is 22.6. The van der Waals surface area contributed by atoms with Crippen molar-refractivity contribution >= 4 is 17.2 Å². The molecule has 1 unspecified atom stereocenters. The maximum atomic E-state index is 12.7. The van der Waals surface area contributed by atoms with E-state index in [4.69, 9.17) is 4.74 Å². The number of nitrogens with one attached hydrogen (secondary N) is 1. The van der Waals surface area contributed by atoms with Crippen molar-refractivity contribution in [2.75, 3.05) is 6.54 Å². The molecule has 1 amide bonds. The number of aromatic nitrogens is 2. The molecule has 0 saturated heterocycles. The molecule has 5 rings (SSSR count). The van der Waals surface area contributed by atoms with E-state index in [2.05, 4.69) is 21.4 Å². The highest BCUT2D eigenvalue weighted by molar-refractivity contribution is 7.10. The van der Waals surface area contributed by atoms with E-state index in [1.165, 1.54) is 23.3 Å². The van der Waals surface area contributed by atoms with Gasteiger partial charge in [0.15, 0.2) is 0 Å². The number of rotatable bonds is 4. The topological polar surface area (TPSA) is 64.1 Å².